The molecule has 0 saturated heterocycles. The molecule has 6 nitrogen and oxygen atoms in total. The van der Waals surface area contributed by atoms with Gasteiger partial charge in [-0.05, 0) is 35.9 Å². The van der Waals surface area contributed by atoms with Gasteiger partial charge in [0.05, 0.1) is 11.4 Å². The lowest BCUT2D eigenvalue weighted by atomic mass is 10.2. The van der Waals surface area contributed by atoms with Crippen molar-refractivity contribution in [1.29, 1.82) is 0 Å². The summed E-state index contributed by atoms with van der Waals surface area (Å²) in [5, 5.41) is 5.86. The number of para-hydroxylation sites is 2. The molecule has 150 valence electrons. The molecule has 0 radical (unpaired) electrons. The molecule has 0 amide bonds. The van der Waals surface area contributed by atoms with E-state index in [1.165, 1.54) is 6.33 Å². The Morgan fingerprint density at radius 1 is 0.767 bits per heavy atom. The number of hydrogen-bond acceptors (Lipinski definition) is 6. The molecule has 1 heterocycles. The lowest BCUT2D eigenvalue weighted by Crippen LogP contribution is -2.26. The van der Waals surface area contributed by atoms with Crippen LogP contribution < -0.4 is 21.5 Å². The number of hydrazine groups is 1. The van der Waals surface area contributed by atoms with E-state index in [0.717, 1.165) is 16.9 Å². The highest BCUT2D eigenvalue weighted by atomic mass is 35.5. The number of anilines is 5. The van der Waals surface area contributed by atoms with Crippen LogP contribution in [0.15, 0.2) is 91.3 Å². The average Bonchev–Trinajstić information content (AvgIpc) is 2.80. The van der Waals surface area contributed by atoms with E-state index in [9.17, 15) is 0 Å². The minimum atomic E-state index is 0.418. The maximum Gasteiger partial charge on any atom is 0.173 e. The summed E-state index contributed by atoms with van der Waals surface area (Å²) in [5.41, 5.74) is 13.0. The van der Waals surface area contributed by atoms with Gasteiger partial charge in [-0.1, -0.05) is 66.2 Å². The van der Waals surface area contributed by atoms with Gasteiger partial charge in [0.15, 0.2) is 11.6 Å². The maximum atomic E-state index is 6.38. The van der Waals surface area contributed by atoms with Crippen molar-refractivity contribution in [3.63, 3.8) is 0 Å². The van der Waals surface area contributed by atoms with E-state index in [2.05, 4.69) is 20.7 Å². The van der Waals surface area contributed by atoms with E-state index >= 15 is 0 Å². The predicted octanol–water partition coefficient (Wildman–Crippen LogP) is 5.49. The van der Waals surface area contributed by atoms with Crippen molar-refractivity contribution in [2.75, 3.05) is 21.5 Å². The summed E-state index contributed by atoms with van der Waals surface area (Å²) in [7, 11) is 0. The third-order valence-corrected chi connectivity index (χ3v) is 4.90. The van der Waals surface area contributed by atoms with E-state index in [4.69, 9.17) is 17.3 Å². The SMILES string of the molecule is Nc1c(NCc2ccccc2Cl)ncnc1NN(c1ccccc1)c1ccccc1. The zero-order valence-corrected chi connectivity index (χ0v) is 16.9. The van der Waals surface area contributed by atoms with Gasteiger partial charge in [-0.3, -0.25) is 10.4 Å². The van der Waals surface area contributed by atoms with Crippen LogP contribution in [-0.4, -0.2) is 9.97 Å². The highest BCUT2D eigenvalue weighted by molar-refractivity contribution is 6.31. The molecule has 7 heteroatoms. The molecule has 0 aliphatic carbocycles. The highest BCUT2D eigenvalue weighted by Crippen LogP contribution is 2.29. The molecule has 0 aliphatic heterocycles. The lowest BCUT2D eigenvalue weighted by Gasteiger charge is -2.26. The van der Waals surface area contributed by atoms with E-state index in [1.54, 1.807) is 0 Å². The summed E-state index contributed by atoms with van der Waals surface area (Å²) < 4.78 is 0. The van der Waals surface area contributed by atoms with Crippen LogP contribution in [0.1, 0.15) is 5.56 Å². The van der Waals surface area contributed by atoms with E-state index < -0.39 is 0 Å². The van der Waals surface area contributed by atoms with Gasteiger partial charge in [0.2, 0.25) is 0 Å². The maximum absolute atomic E-state index is 6.38. The normalized spacial score (nSPS) is 10.4. The summed E-state index contributed by atoms with van der Waals surface area (Å²) in [6, 6.07) is 27.5. The van der Waals surface area contributed by atoms with Gasteiger partial charge in [0, 0.05) is 11.6 Å². The molecular weight excluding hydrogens is 396 g/mol. The van der Waals surface area contributed by atoms with Crippen LogP contribution in [0, 0.1) is 0 Å². The van der Waals surface area contributed by atoms with Crippen molar-refractivity contribution in [2.45, 2.75) is 6.54 Å². The Balaban J connectivity index is 1.60. The Labute approximate surface area is 180 Å². The molecule has 0 bridgehead atoms. The fourth-order valence-electron chi connectivity index (χ4n) is 2.98. The third kappa shape index (κ3) is 4.45. The zero-order chi connectivity index (χ0) is 20.8. The number of rotatable bonds is 7. The first-order chi connectivity index (χ1) is 14.7. The predicted molar refractivity (Wildman–Crippen MR) is 124 cm³/mol. The first-order valence-corrected chi connectivity index (χ1v) is 9.85. The van der Waals surface area contributed by atoms with Crippen molar-refractivity contribution in [3.8, 4) is 0 Å². The number of nitrogens with two attached hydrogens (primary N) is 1. The van der Waals surface area contributed by atoms with Gasteiger partial charge in [-0.2, -0.15) is 0 Å². The Bertz CT molecular complexity index is 1070. The van der Waals surface area contributed by atoms with Crippen molar-refractivity contribution in [3.05, 3.63) is 102 Å². The topological polar surface area (TPSA) is 79.1 Å². The van der Waals surface area contributed by atoms with Crippen molar-refractivity contribution < 1.29 is 0 Å². The summed E-state index contributed by atoms with van der Waals surface area (Å²) in [4.78, 5) is 8.63. The molecule has 0 fully saturated rings. The zero-order valence-electron chi connectivity index (χ0n) is 16.2. The van der Waals surface area contributed by atoms with Gasteiger partial charge < -0.3 is 11.1 Å². The van der Waals surface area contributed by atoms with Crippen LogP contribution in [0.25, 0.3) is 0 Å². The Morgan fingerprint density at radius 3 is 1.97 bits per heavy atom. The smallest absolute Gasteiger partial charge is 0.173 e. The van der Waals surface area contributed by atoms with E-state index in [0.29, 0.717) is 28.9 Å². The molecule has 1 aromatic heterocycles. The fourth-order valence-corrected chi connectivity index (χ4v) is 3.19. The first-order valence-electron chi connectivity index (χ1n) is 9.47. The summed E-state index contributed by atoms with van der Waals surface area (Å²) in [5.74, 6) is 1.04. The van der Waals surface area contributed by atoms with E-state index in [1.807, 2.05) is 89.9 Å². The minimum absolute atomic E-state index is 0.418. The summed E-state index contributed by atoms with van der Waals surface area (Å²) in [6.07, 6.45) is 1.47. The molecule has 30 heavy (non-hydrogen) atoms. The van der Waals surface area contributed by atoms with Crippen molar-refractivity contribution >= 4 is 40.3 Å². The number of benzene rings is 3. The third-order valence-electron chi connectivity index (χ3n) is 4.53. The standard InChI is InChI=1S/C23H21ClN6/c24-20-14-8-7-9-17(20)15-26-22-21(25)23(28-16-27-22)29-30(18-10-3-1-4-11-18)19-12-5-2-6-13-19/h1-14,16H,15,25H2,(H2,26,27,28,29). The molecule has 0 saturated carbocycles. The molecule has 0 spiro atoms. The van der Waals surface area contributed by atoms with Gasteiger partial charge in [-0.15, -0.1) is 0 Å². The Hall–Kier alpha value is -3.77. The second kappa shape index (κ2) is 9.15. The molecule has 0 aliphatic rings. The number of halogens is 1. The van der Waals surface area contributed by atoms with Gasteiger partial charge in [0.25, 0.3) is 0 Å². The summed E-state index contributed by atoms with van der Waals surface area (Å²) >= 11 is 6.24. The molecular formula is C23H21ClN6. The Morgan fingerprint density at radius 2 is 1.33 bits per heavy atom. The van der Waals surface area contributed by atoms with Gasteiger partial charge >= 0.3 is 0 Å². The fraction of sp³-hybridized carbons (Fsp3) is 0.0435. The molecule has 4 aromatic rings. The van der Waals surface area contributed by atoms with Crippen molar-refractivity contribution in [1.82, 2.24) is 9.97 Å². The monoisotopic (exact) mass is 416 g/mol. The van der Waals surface area contributed by atoms with Gasteiger partial charge in [0.1, 0.15) is 12.0 Å². The minimum Gasteiger partial charge on any atom is -0.393 e. The molecule has 0 unspecified atom stereocenters. The highest BCUT2D eigenvalue weighted by Gasteiger charge is 2.14. The largest absolute Gasteiger partial charge is 0.393 e. The molecule has 3 aromatic carbocycles. The van der Waals surface area contributed by atoms with E-state index in [-0.39, 0.29) is 0 Å². The number of nitrogens with one attached hydrogen (secondary N) is 2. The molecule has 0 atom stereocenters. The average molecular weight is 417 g/mol. The van der Waals surface area contributed by atoms with Crippen molar-refractivity contribution in [2.24, 2.45) is 0 Å². The lowest BCUT2D eigenvalue weighted by molar-refractivity contribution is 1.06. The first kappa shape index (κ1) is 19.5. The molecule has 4 N–H and O–H groups in total. The van der Waals surface area contributed by atoms with Crippen LogP contribution in [0.5, 0.6) is 0 Å². The second-order valence-corrected chi connectivity index (χ2v) is 6.96. The summed E-state index contributed by atoms with van der Waals surface area (Å²) in [6.45, 7) is 0.501. The quantitative estimate of drug-likeness (QED) is 0.346. The Kier molecular flexibility index (Phi) is 5.96. The van der Waals surface area contributed by atoms with Crippen LogP contribution >= 0.6 is 11.6 Å². The number of hydrogen-bond donors (Lipinski definition) is 3. The van der Waals surface area contributed by atoms with Crippen LogP contribution in [0.2, 0.25) is 5.02 Å². The number of nitrogens with zero attached hydrogens (tertiary/aromatic N) is 3. The van der Waals surface area contributed by atoms with Crippen LogP contribution in [0.3, 0.4) is 0 Å². The molecule has 4 rings (SSSR count). The number of aromatic nitrogens is 2. The van der Waals surface area contributed by atoms with Crippen LogP contribution in [-0.2, 0) is 6.54 Å². The second-order valence-electron chi connectivity index (χ2n) is 6.55. The number of nitrogen functional groups attached to an aromatic ring is 1. The van der Waals surface area contributed by atoms with Crippen LogP contribution in [0.4, 0.5) is 28.7 Å². The van der Waals surface area contributed by atoms with Gasteiger partial charge in [-0.25, -0.2) is 9.97 Å².